The summed E-state index contributed by atoms with van der Waals surface area (Å²) in [7, 11) is 0. The molecule has 0 aliphatic carbocycles. The Morgan fingerprint density at radius 1 is 1.64 bits per heavy atom. The fourth-order valence-electron chi connectivity index (χ4n) is 0.767. The first kappa shape index (κ1) is 8.33. The number of phenolic OH excluding ortho intramolecular Hbond substituents is 1. The number of nitrogen functional groups attached to an aromatic ring is 1. The van der Waals surface area contributed by atoms with Gasteiger partial charge in [0.2, 0.25) is 0 Å². The topological polar surface area (TPSA) is 46.2 Å². The summed E-state index contributed by atoms with van der Waals surface area (Å²) in [5, 5.41) is 9.10. The highest BCUT2D eigenvalue weighted by Gasteiger charge is 2.10. The smallest absolute Gasteiger partial charge is 0.155 e. The number of aryl methyl sites for hydroxylation is 1. The lowest BCUT2D eigenvalue weighted by molar-refractivity contribution is 0.469. The van der Waals surface area contributed by atoms with Crippen LogP contribution in [-0.2, 0) is 0 Å². The van der Waals surface area contributed by atoms with E-state index in [4.69, 9.17) is 10.8 Å². The molecule has 0 fully saturated rings. The molecule has 0 heterocycles. The Balaban J connectivity index is 3.46. The molecule has 0 saturated carbocycles. The highest BCUT2D eigenvalue weighted by atomic mass is 79.9. The number of anilines is 1. The molecule has 60 valence electrons. The van der Waals surface area contributed by atoms with Gasteiger partial charge >= 0.3 is 0 Å². The molecule has 0 atom stereocenters. The molecule has 0 aliphatic rings. The largest absolute Gasteiger partial charge is 0.505 e. The molecule has 0 unspecified atom stereocenters. The van der Waals surface area contributed by atoms with E-state index in [1.807, 2.05) is 0 Å². The third-order valence-corrected chi connectivity index (χ3v) is 2.01. The van der Waals surface area contributed by atoms with Crippen LogP contribution < -0.4 is 5.73 Å². The van der Waals surface area contributed by atoms with Crippen LogP contribution in [0.15, 0.2) is 10.5 Å². The van der Waals surface area contributed by atoms with E-state index in [1.54, 1.807) is 6.92 Å². The molecule has 0 amide bonds. The van der Waals surface area contributed by atoms with Crippen LogP contribution in [0.2, 0.25) is 0 Å². The van der Waals surface area contributed by atoms with Gasteiger partial charge in [-0.2, -0.15) is 0 Å². The molecule has 0 spiro atoms. The fraction of sp³-hybridized carbons (Fsp3) is 0.143. The average molecular weight is 220 g/mol. The Morgan fingerprint density at radius 2 is 2.18 bits per heavy atom. The zero-order valence-electron chi connectivity index (χ0n) is 5.86. The predicted molar refractivity (Wildman–Crippen MR) is 44.9 cm³/mol. The third kappa shape index (κ3) is 1.30. The fourth-order valence-corrected chi connectivity index (χ4v) is 1.32. The number of nitrogens with two attached hydrogens (primary N) is 1. The second-order valence-corrected chi connectivity index (χ2v) is 3.11. The van der Waals surface area contributed by atoms with Gasteiger partial charge in [0.1, 0.15) is 5.69 Å². The summed E-state index contributed by atoms with van der Waals surface area (Å²) in [6.07, 6.45) is 0. The van der Waals surface area contributed by atoms with Gasteiger partial charge in [0.15, 0.2) is 11.6 Å². The van der Waals surface area contributed by atoms with Crippen LogP contribution in [-0.4, -0.2) is 5.11 Å². The minimum atomic E-state index is -0.564. The molecule has 1 aromatic carbocycles. The number of halogens is 2. The molecule has 0 bridgehead atoms. The van der Waals surface area contributed by atoms with Crippen molar-refractivity contribution in [3.63, 3.8) is 0 Å². The van der Waals surface area contributed by atoms with Crippen LogP contribution in [0.5, 0.6) is 5.75 Å². The maximum atomic E-state index is 12.9. The highest BCUT2D eigenvalue weighted by molar-refractivity contribution is 9.10. The first-order valence-corrected chi connectivity index (χ1v) is 3.76. The van der Waals surface area contributed by atoms with E-state index in [2.05, 4.69) is 15.9 Å². The van der Waals surface area contributed by atoms with Crippen molar-refractivity contribution in [3.8, 4) is 5.75 Å². The van der Waals surface area contributed by atoms with Gasteiger partial charge in [-0.1, -0.05) is 0 Å². The van der Waals surface area contributed by atoms with E-state index in [0.717, 1.165) is 0 Å². The average Bonchev–Trinajstić information content (AvgIpc) is 1.97. The van der Waals surface area contributed by atoms with Gasteiger partial charge < -0.3 is 10.8 Å². The second kappa shape index (κ2) is 2.70. The number of aromatic hydroxyl groups is 1. The lowest BCUT2D eigenvalue weighted by Gasteiger charge is -2.04. The quantitative estimate of drug-likeness (QED) is 0.520. The number of benzene rings is 1. The summed E-state index contributed by atoms with van der Waals surface area (Å²) in [6, 6.07) is 1.47. The van der Waals surface area contributed by atoms with Gasteiger partial charge in [0, 0.05) is 0 Å². The van der Waals surface area contributed by atoms with Crippen molar-refractivity contribution in [2.75, 3.05) is 5.73 Å². The molecule has 0 saturated heterocycles. The van der Waals surface area contributed by atoms with Crippen LogP contribution in [0.3, 0.4) is 0 Å². The normalized spacial score (nSPS) is 10.1. The molecule has 1 aromatic rings. The maximum Gasteiger partial charge on any atom is 0.155 e. The van der Waals surface area contributed by atoms with Crippen LogP contribution in [0, 0.1) is 12.7 Å². The van der Waals surface area contributed by atoms with E-state index in [-0.39, 0.29) is 11.4 Å². The van der Waals surface area contributed by atoms with Crippen molar-refractivity contribution in [1.29, 1.82) is 0 Å². The monoisotopic (exact) mass is 219 g/mol. The summed E-state index contributed by atoms with van der Waals surface area (Å²) >= 11 is 3.03. The van der Waals surface area contributed by atoms with E-state index in [9.17, 15) is 4.39 Å². The number of phenols is 1. The van der Waals surface area contributed by atoms with Crippen LogP contribution >= 0.6 is 15.9 Å². The Morgan fingerprint density at radius 3 is 2.73 bits per heavy atom. The van der Waals surface area contributed by atoms with E-state index in [0.29, 0.717) is 10.0 Å². The van der Waals surface area contributed by atoms with E-state index < -0.39 is 5.82 Å². The molecular formula is C7H7BrFNO. The van der Waals surface area contributed by atoms with Crippen molar-refractivity contribution in [2.24, 2.45) is 0 Å². The SMILES string of the molecule is Cc1cc(Br)c(O)c(N)c1F. The summed E-state index contributed by atoms with van der Waals surface area (Å²) in [5.41, 5.74) is 5.43. The van der Waals surface area contributed by atoms with Gasteiger partial charge in [0.25, 0.3) is 0 Å². The summed E-state index contributed by atoms with van der Waals surface area (Å²) < 4.78 is 13.3. The minimum absolute atomic E-state index is 0.211. The molecular weight excluding hydrogens is 213 g/mol. The molecule has 2 nitrogen and oxygen atoms in total. The predicted octanol–water partition coefficient (Wildman–Crippen LogP) is 2.18. The van der Waals surface area contributed by atoms with Crippen LogP contribution in [0.4, 0.5) is 10.1 Å². The lowest BCUT2D eigenvalue weighted by Crippen LogP contribution is -1.94. The maximum absolute atomic E-state index is 12.9. The Labute approximate surface area is 72.0 Å². The molecule has 0 radical (unpaired) electrons. The van der Waals surface area contributed by atoms with Gasteiger partial charge in [-0.25, -0.2) is 4.39 Å². The van der Waals surface area contributed by atoms with E-state index in [1.165, 1.54) is 6.07 Å². The van der Waals surface area contributed by atoms with Gasteiger partial charge in [0.05, 0.1) is 4.47 Å². The van der Waals surface area contributed by atoms with E-state index >= 15 is 0 Å². The standard InChI is InChI=1S/C7H7BrFNO/c1-3-2-4(8)7(11)6(10)5(3)9/h2,11H,10H2,1H3. The van der Waals surface area contributed by atoms with Crippen molar-refractivity contribution >= 4 is 21.6 Å². The summed E-state index contributed by atoms with van der Waals surface area (Å²) in [5.74, 6) is -0.807. The lowest BCUT2D eigenvalue weighted by atomic mass is 10.2. The zero-order valence-corrected chi connectivity index (χ0v) is 7.44. The minimum Gasteiger partial charge on any atom is -0.505 e. The Hall–Kier alpha value is -0.770. The van der Waals surface area contributed by atoms with Crippen molar-refractivity contribution < 1.29 is 9.50 Å². The number of rotatable bonds is 0. The van der Waals surface area contributed by atoms with Crippen molar-refractivity contribution in [3.05, 3.63) is 21.9 Å². The van der Waals surface area contributed by atoms with Crippen LogP contribution in [0.1, 0.15) is 5.56 Å². The zero-order chi connectivity index (χ0) is 8.59. The Kier molecular flexibility index (Phi) is 2.04. The third-order valence-electron chi connectivity index (χ3n) is 1.41. The van der Waals surface area contributed by atoms with Crippen LogP contribution in [0.25, 0.3) is 0 Å². The molecule has 4 heteroatoms. The van der Waals surface area contributed by atoms with Gasteiger partial charge in [-0.3, -0.25) is 0 Å². The highest BCUT2D eigenvalue weighted by Crippen LogP contribution is 2.33. The number of hydrogen-bond donors (Lipinski definition) is 2. The van der Waals surface area contributed by atoms with Gasteiger partial charge in [-0.05, 0) is 34.5 Å². The molecule has 11 heavy (non-hydrogen) atoms. The molecule has 3 N–H and O–H groups in total. The Bertz CT molecular complexity index is 275. The number of hydrogen-bond acceptors (Lipinski definition) is 2. The van der Waals surface area contributed by atoms with Crippen molar-refractivity contribution in [2.45, 2.75) is 6.92 Å². The molecule has 0 aromatic heterocycles. The summed E-state index contributed by atoms with van der Waals surface area (Å²) in [4.78, 5) is 0. The van der Waals surface area contributed by atoms with Gasteiger partial charge in [-0.15, -0.1) is 0 Å². The first-order valence-electron chi connectivity index (χ1n) is 2.97. The summed E-state index contributed by atoms with van der Waals surface area (Å²) in [6.45, 7) is 1.58. The van der Waals surface area contributed by atoms with Crippen molar-refractivity contribution in [1.82, 2.24) is 0 Å². The second-order valence-electron chi connectivity index (χ2n) is 2.25. The first-order chi connectivity index (χ1) is 5.04. The molecule has 0 aliphatic heterocycles. The molecule has 1 rings (SSSR count).